The summed E-state index contributed by atoms with van der Waals surface area (Å²) in [6.45, 7) is 4.08. The van der Waals surface area contributed by atoms with Gasteiger partial charge in [0.2, 0.25) is 5.91 Å². The van der Waals surface area contributed by atoms with Gasteiger partial charge in [-0.3, -0.25) is 4.79 Å². The second-order valence-corrected chi connectivity index (χ2v) is 9.87. The van der Waals surface area contributed by atoms with E-state index in [1.807, 2.05) is 29.2 Å². The molecule has 1 atom stereocenters. The summed E-state index contributed by atoms with van der Waals surface area (Å²) in [6.07, 6.45) is 9.37. The van der Waals surface area contributed by atoms with Gasteiger partial charge in [0.1, 0.15) is 0 Å². The lowest BCUT2D eigenvalue weighted by Gasteiger charge is -2.43. The Bertz CT molecular complexity index is 675. The minimum absolute atomic E-state index is 0.127. The number of piperidine rings is 1. The van der Waals surface area contributed by atoms with Gasteiger partial charge in [-0.05, 0) is 69.3 Å². The summed E-state index contributed by atoms with van der Waals surface area (Å²) in [4.78, 5) is 18.3. The van der Waals surface area contributed by atoms with Crippen molar-refractivity contribution in [2.24, 2.45) is 0 Å². The van der Waals surface area contributed by atoms with Crippen LogP contribution in [0.25, 0.3) is 0 Å². The molecule has 2 aliphatic heterocycles. The Morgan fingerprint density at radius 2 is 1.71 bits per heavy atom. The van der Waals surface area contributed by atoms with Gasteiger partial charge in [-0.2, -0.15) is 0 Å². The summed E-state index contributed by atoms with van der Waals surface area (Å²) in [6, 6.07) is 8.63. The van der Waals surface area contributed by atoms with E-state index >= 15 is 0 Å². The number of benzene rings is 1. The van der Waals surface area contributed by atoms with E-state index in [1.54, 1.807) is 0 Å². The average Bonchev–Trinajstić information content (AvgIpc) is 3.23. The minimum Gasteiger partial charge on any atom is -0.389 e. The first-order valence-electron chi connectivity index (χ1n) is 11.1. The predicted molar refractivity (Wildman–Crippen MR) is 115 cm³/mol. The highest BCUT2D eigenvalue weighted by atomic mass is 79.9. The number of rotatable bonds is 4. The molecule has 4 rings (SSSR count). The highest BCUT2D eigenvalue weighted by Gasteiger charge is 2.45. The molecular weight excluding hydrogens is 416 g/mol. The third kappa shape index (κ3) is 4.31. The van der Waals surface area contributed by atoms with E-state index in [0.717, 1.165) is 68.1 Å². The molecule has 1 saturated carbocycles. The van der Waals surface area contributed by atoms with Gasteiger partial charge >= 0.3 is 0 Å². The summed E-state index contributed by atoms with van der Waals surface area (Å²) in [7, 11) is 0. The van der Waals surface area contributed by atoms with E-state index in [1.165, 1.54) is 25.9 Å². The van der Waals surface area contributed by atoms with Gasteiger partial charge in [-0.1, -0.05) is 47.3 Å². The van der Waals surface area contributed by atoms with E-state index in [2.05, 4.69) is 20.8 Å². The largest absolute Gasteiger partial charge is 0.389 e. The third-order valence-corrected chi connectivity index (χ3v) is 7.61. The van der Waals surface area contributed by atoms with Crippen molar-refractivity contribution in [3.8, 4) is 0 Å². The number of halogens is 1. The Balaban J connectivity index is 1.52. The second-order valence-electron chi connectivity index (χ2n) is 8.95. The van der Waals surface area contributed by atoms with E-state index in [9.17, 15) is 9.90 Å². The summed E-state index contributed by atoms with van der Waals surface area (Å²) in [5.74, 6) is -0.323. The molecule has 154 valence electrons. The maximum atomic E-state index is 13.7. The number of carbonyl (C=O) groups is 1. The molecule has 0 spiro atoms. The molecule has 5 heteroatoms. The van der Waals surface area contributed by atoms with Crippen LogP contribution in [0.1, 0.15) is 69.3 Å². The molecule has 1 unspecified atom stereocenters. The molecule has 0 radical (unpaired) electrons. The van der Waals surface area contributed by atoms with Crippen LogP contribution in [0.4, 0.5) is 0 Å². The zero-order valence-corrected chi connectivity index (χ0v) is 18.4. The molecular formula is C23H33BrN2O2. The molecule has 1 amide bonds. The zero-order valence-electron chi connectivity index (χ0n) is 16.8. The van der Waals surface area contributed by atoms with Crippen LogP contribution in [0, 0.1) is 0 Å². The Morgan fingerprint density at radius 1 is 1.04 bits per heavy atom. The average molecular weight is 449 g/mol. The van der Waals surface area contributed by atoms with Gasteiger partial charge in [0, 0.05) is 23.6 Å². The molecule has 0 aromatic heterocycles. The number of amides is 1. The van der Waals surface area contributed by atoms with Crippen LogP contribution in [-0.4, -0.2) is 58.6 Å². The molecule has 2 saturated heterocycles. The highest BCUT2D eigenvalue weighted by molar-refractivity contribution is 9.10. The Labute approximate surface area is 177 Å². The number of aliphatic hydroxyl groups is 1. The maximum Gasteiger partial charge on any atom is 0.233 e. The van der Waals surface area contributed by atoms with Crippen LogP contribution < -0.4 is 0 Å². The summed E-state index contributed by atoms with van der Waals surface area (Å²) in [5.41, 5.74) is 0.0347. The van der Waals surface area contributed by atoms with Crippen LogP contribution >= 0.6 is 15.9 Å². The van der Waals surface area contributed by atoms with Crippen LogP contribution in [0.2, 0.25) is 0 Å². The Kier molecular flexibility index (Phi) is 6.43. The van der Waals surface area contributed by atoms with Crippen molar-refractivity contribution < 1.29 is 9.90 Å². The van der Waals surface area contributed by atoms with E-state index in [4.69, 9.17) is 0 Å². The number of hydrogen-bond acceptors (Lipinski definition) is 3. The molecule has 3 aliphatic rings. The number of hydrogen-bond donors (Lipinski definition) is 1. The van der Waals surface area contributed by atoms with Crippen LogP contribution in [0.5, 0.6) is 0 Å². The van der Waals surface area contributed by atoms with Crippen molar-refractivity contribution in [1.29, 1.82) is 0 Å². The topological polar surface area (TPSA) is 43.8 Å². The zero-order chi connectivity index (χ0) is 19.6. The number of likely N-dealkylation sites (tertiary alicyclic amines) is 2. The molecule has 3 fully saturated rings. The Hall–Kier alpha value is -0.910. The Morgan fingerprint density at radius 3 is 2.36 bits per heavy atom. The van der Waals surface area contributed by atoms with Gasteiger partial charge in [0.15, 0.2) is 0 Å². The van der Waals surface area contributed by atoms with E-state index in [0.29, 0.717) is 6.04 Å². The van der Waals surface area contributed by atoms with Crippen molar-refractivity contribution in [1.82, 2.24) is 9.80 Å². The van der Waals surface area contributed by atoms with Crippen molar-refractivity contribution >= 4 is 21.8 Å². The fraction of sp³-hybridized carbons (Fsp3) is 0.696. The standard InChI is InChI=1S/C23H33BrN2O2/c24-19-8-6-7-18(17-19)21(23(28)11-2-1-3-12-23)22(27)26-15-9-20(10-16-26)25-13-4-5-14-25/h6-8,17,20-21,28H,1-5,9-16H2. The lowest BCUT2D eigenvalue weighted by molar-refractivity contribution is -0.143. The van der Waals surface area contributed by atoms with Crippen molar-refractivity contribution in [2.75, 3.05) is 26.2 Å². The fourth-order valence-electron chi connectivity index (χ4n) is 5.56. The highest BCUT2D eigenvalue weighted by Crippen LogP contribution is 2.42. The third-order valence-electron chi connectivity index (χ3n) is 7.12. The van der Waals surface area contributed by atoms with Gasteiger partial charge in [0.05, 0.1) is 11.5 Å². The smallest absolute Gasteiger partial charge is 0.233 e. The SMILES string of the molecule is O=C(C(c1cccc(Br)c1)C1(O)CCCCC1)N1CCC(N2CCCC2)CC1. The van der Waals surface area contributed by atoms with Crippen molar-refractivity contribution in [3.63, 3.8) is 0 Å². The molecule has 0 bridgehead atoms. The fourth-order valence-corrected chi connectivity index (χ4v) is 5.98. The molecule has 1 aliphatic carbocycles. The molecule has 1 N–H and O–H groups in total. The second kappa shape index (κ2) is 8.85. The predicted octanol–water partition coefficient (Wildman–Crippen LogP) is 4.31. The van der Waals surface area contributed by atoms with Crippen LogP contribution in [0.15, 0.2) is 28.7 Å². The lowest BCUT2D eigenvalue weighted by Crippen LogP contribution is -2.52. The lowest BCUT2D eigenvalue weighted by atomic mass is 9.72. The molecule has 1 aromatic carbocycles. The number of carbonyl (C=O) groups excluding carboxylic acids is 1. The molecule has 4 nitrogen and oxygen atoms in total. The first-order chi connectivity index (χ1) is 13.6. The summed E-state index contributed by atoms with van der Waals surface area (Å²) >= 11 is 3.55. The summed E-state index contributed by atoms with van der Waals surface area (Å²) < 4.78 is 0.968. The van der Waals surface area contributed by atoms with Crippen LogP contribution in [-0.2, 0) is 4.79 Å². The monoisotopic (exact) mass is 448 g/mol. The first kappa shape index (κ1) is 20.4. The molecule has 1 aromatic rings. The molecule has 28 heavy (non-hydrogen) atoms. The maximum absolute atomic E-state index is 13.7. The van der Waals surface area contributed by atoms with Crippen molar-refractivity contribution in [3.05, 3.63) is 34.3 Å². The van der Waals surface area contributed by atoms with Crippen LogP contribution in [0.3, 0.4) is 0 Å². The minimum atomic E-state index is -0.915. The van der Waals surface area contributed by atoms with Gasteiger partial charge in [-0.15, -0.1) is 0 Å². The number of nitrogens with zero attached hydrogens (tertiary/aromatic N) is 2. The summed E-state index contributed by atoms with van der Waals surface area (Å²) in [5, 5.41) is 11.5. The van der Waals surface area contributed by atoms with Crippen molar-refractivity contribution in [2.45, 2.75) is 75.3 Å². The van der Waals surface area contributed by atoms with Gasteiger partial charge in [-0.25, -0.2) is 0 Å². The van der Waals surface area contributed by atoms with E-state index in [-0.39, 0.29) is 5.91 Å². The quantitative estimate of drug-likeness (QED) is 0.745. The van der Waals surface area contributed by atoms with Gasteiger partial charge < -0.3 is 14.9 Å². The molecule has 2 heterocycles. The first-order valence-corrected chi connectivity index (χ1v) is 11.9. The van der Waals surface area contributed by atoms with Gasteiger partial charge in [0.25, 0.3) is 0 Å². The normalized spacial score (nSPS) is 25.0. The van der Waals surface area contributed by atoms with E-state index < -0.39 is 11.5 Å².